The molecule has 0 radical (unpaired) electrons. The highest BCUT2D eigenvalue weighted by molar-refractivity contribution is 7.24. The molecule has 0 fully saturated rings. The normalized spacial score (nSPS) is 14.1. The lowest BCUT2D eigenvalue weighted by Gasteiger charge is -2.26. The Bertz CT molecular complexity index is 1420. The van der Waals surface area contributed by atoms with Crippen molar-refractivity contribution in [2.45, 2.75) is 26.3 Å². The van der Waals surface area contributed by atoms with Crippen molar-refractivity contribution in [2.24, 2.45) is 0 Å². The van der Waals surface area contributed by atoms with Gasteiger partial charge in [0, 0.05) is 23.5 Å². The summed E-state index contributed by atoms with van der Waals surface area (Å²) in [5.41, 5.74) is 4.69. The number of ether oxygens (including phenoxy) is 1. The van der Waals surface area contributed by atoms with E-state index in [2.05, 4.69) is 47.5 Å². The molecule has 1 N–H and O–H groups in total. The molecule has 1 aliphatic heterocycles. The molecule has 1 aliphatic rings. The highest BCUT2D eigenvalue weighted by atomic mass is 32.1. The van der Waals surface area contributed by atoms with Crippen molar-refractivity contribution >= 4 is 64.6 Å². The topological polar surface area (TPSA) is 50.3 Å². The number of aromatic nitrogens is 2. The fraction of sp³-hybridized carbons (Fsp3) is 0.280. The van der Waals surface area contributed by atoms with Crippen molar-refractivity contribution in [3.8, 4) is 16.3 Å². The number of methoxy groups -OCH3 is 1. The van der Waals surface area contributed by atoms with E-state index in [-0.39, 0.29) is 0 Å². The van der Waals surface area contributed by atoms with Crippen molar-refractivity contribution in [3.63, 3.8) is 0 Å². The molecule has 5 nitrogen and oxygen atoms in total. The molecule has 0 unspecified atom stereocenters. The summed E-state index contributed by atoms with van der Waals surface area (Å²) in [7, 11) is 1.70. The van der Waals surface area contributed by atoms with Crippen LogP contribution in [0.3, 0.4) is 0 Å². The zero-order valence-corrected chi connectivity index (χ0v) is 21.0. The number of benzene rings is 2. The van der Waals surface area contributed by atoms with Crippen LogP contribution in [0.2, 0.25) is 0 Å². The van der Waals surface area contributed by atoms with E-state index in [1.54, 1.807) is 29.8 Å². The first-order chi connectivity index (χ1) is 16.2. The van der Waals surface area contributed by atoms with Gasteiger partial charge in [0.25, 0.3) is 0 Å². The molecule has 0 saturated carbocycles. The molecule has 0 bridgehead atoms. The molecule has 168 valence electrons. The molecule has 6 rings (SSSR count). The van der Waals surface area contributed by atoms with Gasteiger partial charge in [-0.15, -0.1) is 22.7 Å². The van der Waals surface area contributed by atoms with E-state index in [0.29, 0.717) is 0 Å². The molecular formula is C25H24N4OS3. The van der Waals surface area contributed by atoms with E-state index in [9.17, 15) is 0 Å². The van der Waals surface area contributed by atoms with Crippen LogP contribution in [0.15, 0.2) is 42.5 Å². The SMILES string of the molecule is CCCN1CCc2c(sc(Nc3nc4c(OC)cccc4s3)c2-c2nc3ccccc3s2)C1. The molecule has 0 spiro atoms. The second kappa shape index (κ2) is 8.68. The van der Waals surface area contributed by atoms with E-state index >= 15 is 0 Å². The summed E-state index contributed by atoms with van der Waals surface area (Å²) < 4.78 is 7.87. The fourth-order valence-electron chi connectivity index (χ4n) is 4.50. The maximum absolute atomic E-state index is 5.52. The Morgan fingerprint density at radius 2 is 1.91 bits per heavy atom. The van der Waals surface area contributed by atoms with Gasteiger partial charge >= 0.3 is 0 Å². The zero-order chi connectivity index (χ0) is 22.4. The van der Waals surface area contributed by atoms with Crippen LogP contribution < -0.4 is 10.1 Å². The summed E-state index contributed by atoms with van der Waals surface area (Å²) in [6.07, 6.45) is 2.25. The minimum atomic E-state index is 0.809. The molecule has 33 heavy (non-hydrogen) atoms. The third-order valence-electron chi connectivity index (χ3n) is 6.01. The van der Waals surface area contributed by atoms with E-state index < -0.39 is 0 Å². The molecule has 5 aromatic rings. The van der Waals surface area contributed by atoms with Crippen LogP contribution in [0.1, 0.15) is 23.8 Å². The van der Waals surface area contributed by atoms with Crippen molar-refractivity contribution in [1.29, 1.82) is 0 Å². The quantitative estimate of drug-likeness (QED) is 0.273. The summed E-state index contributed by atoms with van der Waals surface area (Å²) in [5, 5.41) is 6.81. The van der Waals surface area contributed by atoms with Crippen molar-refractivity contribution in [1.82, 2.24) is 14.9 Å². The summed E-state index contributed by atoms with van der Waals surface area (Å²) in [6, 6.07) is 14.5. The monoisotopic (exact) mass is 492 g/mol. The predicted octanol–water partition coefficient (Wildman–Crippen LogP) is 7.15. The summed E-state index contributed by atoms with van der Waals surface area (Å²) in [6.45, 7) is 5.52. The molecule has 0 amide bonds. The van der Waals surface area contributed by atoms with Crippen molar-refractivity contribution in [2.75, 3.05) is 25.5 Å². The Hall–Kier alpha value is -2.52. The first kappa shape index (κ1) is 21.0. The van der Waals surface area contributed by atoms with Gasteiger partial charge in [0.1, 0.15) is 21.3 Å². The lowest BCUT2D eigenvalue weighted by Crippen LogP contribution is -2.30. The van der Waals surface area contributed by atoms with E-state index in [1.807, 2.05) is 23.5 Å². The number of thiophene rings is 1. The Kier molecular flexibility index (Phi) is 5.54. The van der Waals surface area contributed by atoms with Gasteiger partial charge in [0.05, 0.1) is 22.0 Å². The van der Waals surface area contributed by atoms with E-state index in [4.69, 9.17) is 14.7 Å². The average Bonchev–Trinajstić information content (AvgIpc) is 3.52. The summed E-state index contributed by atoms with van der Waals surface area (Å²) in [5.74, 6) is 0.809. The first-order valence-corrected chi connectivity index (χ1v) is 13.6. The standard InChI is InChI=1S/C25H24N4OS3/c1-3-12-29-13-11-15-20(14-29)32-24(21(15)23-26-16-7-4-5-9-18(16)31-23)28-25-27-22-17(30-2)8-6-10-19(22)33-25/h4-10H,3,11-14H2,1-2H3,(H,27,28). The largest absolute Gasteiger partial charge is 0.494 e. The van der Waals surface area contributed by atoms with E-state index in [0.717, 1.165) is 62.7 Å². The van der Waals surface area contributed by atoms with Crippen molar-refractivity contribution in [3.05, 3.63) is 52.9 Å². The van der Waals surface area contributed by atoms with Crippen molar-refractivity contribution < 1.29 is 4.74 Å². The molecule has 8 heteroatoms. The van der Waals surface area contributed by atoms with Crippen LogP contribution in [-0.2, 0) is 13.0 Å². The second-order valence-electron chi connectivity index (χ2n) is 8.17. The minimum absolute atomic E-state index is 0.809. The van der Waals surface area contributed by atoms with Crippen LogP contribution in [0.5, 0.6) is 5.75 Å². The van der Waals surface area contributed by atoms with Gasteiger partial charge in [-0.2, -0.15) is 0 Å². The van der Waals surface area contributed by atoms with Gasteiger partial charge in [0.15, 0.2) is 5.13 Å². The van der Waals surface area contributed by atoms with Gasteiger partial charge in [-0.1, -0.05) is 36.5 Å². The molecule has 0 aliphatic carbocycles. The highest BCUT2D eigenvalue weighted by Crippen LogP contribution is 2.47. The first-order valence-electron chi connectivity index (χ1n) is 11.2. The molecule has 0 atom stereocenters. The lowest BCUT2D eigenvalue weighted by atomic mass is 10.0. The lowest BCUT2D eigenvalue weighted by molar-refractivity contribution is 0.258. The molecule has 2 aromatic carbocycles. The number of para-hydroxylation sites is 2. The molecular weight excluding hydrogens is 469 g/mol. The van der Waals surface area contributed by atoms with Crippen LogP contribution in [0.4, 0.5) is 10.1 Å². The number of anilines is 2. The average molecular weight is 493 g/mol. The Morgan fingerprint density at radius 1 is 1.03 bits per heavy atom. The van der Waals surface area contributed by atoms with Gasteiger partial charge in [-0.05, 0) is 49.2 Å². The number of nitrogens with zero attached hydrogens (tertiary/aromatic N) is 3. The van der Waals surface area contributed by atoms with Gasteiger partial charge in [-0.3, -0.25) is 4.90 Å². The predicted molar refractivity (Wildman–Crippen MR) is 142 cm³/mol. The van der Waals surface area contributed by atoms with Crippen LogP contribution in [0, 0.1) is 0 Å². The molecule has 3 aromatic heterocycles. The minimum Gasteiger partial charge on any atom is -0.494 e. The maximum atomic E-state index is 5.52. The number of hydrogen-bond acceptors (Lipinski definition) is 8. The Balaban J connectivity index is 1.45. The third kappa shape index (κ3) is 3.81. The summed E-state index contributed by atoms with van der Waals surface area (Å²) in [4.78, 5) is 13.9. The number of nitrogens with one attached hydrogen (secondary N) is 1. The maximum Gasteiger partial charge on any atom is 0.189 e. The number of thiazole rings is 2. The number of fused-ring (bicyclic) bond motifs is 3. The molecule has 4 heterocycles. The Morgan fingerprint density at radius 3 is 2.76 bits per heavy atom. The summed E-state index contributed by atoms with van der Waals surface area (Å²) >= 11 is 5.30. The third-order valence-corrected chi connectivity index (χ3v) is 9.13. The van der Waals surface area contributed by atoms with Crippen LogP contribution >= 0.6 is 34.0 Å². The van der Waals surface area contributed by atoms with Gasteiger partial charge in [0.2, 0.25) is 0 Å². The Labute approximate surface area is 204 Å². The van der Waals surface area contributed by atoms with E-state index in [1.165, 1.54) is 27.1 Å². The highest BCUT2D eigenvalue weighted by Gasteiger charge is 2.27. The smallest absolute Gasteiger partial charge is 0.189 e. The zero-order valence-electron chi connectivity index (χ0n) is 18.6. The van der Waals surface area contributed by atoms with Gasteiger partial charge in [-0.25, -0.2) is 9.97 Å². The van der Waals surface area contributed by atoms with Crippen LogP contribution in [-0.4, -0.2) is 35.1 Å². The fourth-order valence-corrected chi connectivity index (χ4v) is 7.85. The number of hydrogen-bond donors (Lipinski definition) is 1. The molecule has 0 saturated heterocycles. The van der Waals surface area contributed by atoms with Crippen LogP contribution in [0.25, 0.3) is 31.0 Å². The number of rotatable bonds is 6. The second-order valence-corrected chi connectivity index (χ2v) is 11.3. The van der Waals surface area contributed by atoms with Gasteiger partial charge < -0.3 is 10.1 Å².